The molecule has 2 aromatic rings. The van der Waals surface area contributed by atoms with Crippen LogP contribution in [0.1, 0.15) is 48.5 Å². The Bertz CT molecular complexity index is 1250. The third-order valence-corrected chi connectivity index (χ3v) is 8.04. The molecule has 41 heavy (non-hydrogen) atoms. The number of alkyl halides is 3. The molecule has 2 fully saturated rings. The number of benzene rings is 1. The van der Waals surface area contributed by atoms with Crippen LogP contribution in [0, 0.1) is 11.8 Å². The van der Waals surface area contributed by atoms with Crippen molar-refractivity contribution in [1.29, 1.82) is 0 Å². The van der Waals surface area contributed by atoms with Crippen molar-refractivity contribution < 1.29 is 32.6 Å². The number of piperidine rings is 1. The normalized spacial score (nSPS) is 18.0. The summed E-state index contributed by atoms with van der Waals surface area (Å²) >= 11 is 6.28. The summed E-state index contributed by atoms with van der Waals surface area (Å²) < 4.78 is 45.8. The molecule has 2 aliphatic rings. The number of amides is 2. The first kappa shape index (κ1) is 30.9. The predicted molar refractivity (Wildman–Crippen MR) is 149 cm³/mol. The molecule has 0 bridgehead atoms. The van der Waals surface area contributed by atoms with Gasteiger partial charge >= 0.3 is 6.18 Å². The van der Waals surface area contributed by atoms with Gasteiger partial charge in [-0.3, -0.25) is 9.59 Å². The zero-order valence-corrected chi connectivity index (χ0v) is 24.2. The number of carbonyl (C=O) groups is 2. The van der Waals surface area contributed by atoms with Crippen LogP contribution in [0.5, 0.6) is 5.75 Å². The fourth-order valence-electron chi connectivity index (χ4n) is 5.62. The van der Waals surface area contributed by atoms with Crippen LogP contribution in [-0.2, 0) is 10.4 Å². The number of anilines is 1. The van der Waals surface area contributed by atoms with Gasteiger partial charge in [0.05, 0.1) is 18.6 Å². The monoisotopic (exact) mass is 596 g/mol. The lowest BCUT2D eigenvalue weighted by Crippen LogP contribution is -2.58. The summed E-state index contributed by atoms with van der Waals surface area (Å²) in [7, 11) is 3.30. The van der Waals surface area contributed by atoms with Gasteiger partial charge in [-0.15, -0.1) is 0 Å². The molecule has 0 saturated carbocycles. The van der Waals surface area contributed by atoms with Crippen molar-refractivity contribution in [3.05, 3.63) is 52.7 Å². The lowest BCUT2D eigenvalue weighted by molar-refractivity contribution is -0.196. The van der Waals surface area contributed by atoms with Gasteiger partial charge in [-0.25, -0.2) is 4.98 Å². The highest BCUT2D eigenvalue weighted by atomic mass is 35.5. The van der Waals surface area contributed by atoms with E-state index in [2.05, 4.69) is 9.88 Å². The highest BCUT2D eigenvalue weighted by Gasteiger charge is 2.51. The number of nitrogens with zero attached hydrogens (tertiary/aromatic N) is 4. The van der Waals surface area contributed by atoms with Gasteiger partial charge in [0.1, 0.15) is 16.7 Å². The molecule has 8 nitrogen and oxygen atoms in total. The van der Waals surface area contributed by atoms with Gasteiger partial charge in [0.2, 0.25) is 0 Å². The number of rotatable bonds is 9. The molecule has 1 atom stereocenters. The van der Waals surface area contributed by atoms with Crippen LogP contribution in [-0.4, -0.2) is 84.8 Å². The molecule has 1 N–H and O–H groups in total. The van der Waals surface area contributed by atoms with E-state index < -0.39 is 24.1 Å². The quantitative estimate of drug-likeness (QED) is 0.421. The van der Waals surface area contributed by atoms with Crippen LogP contribution in [0.15, 0.2) is 36.4 Å². The molecule has 4 rings (SSSR count). The number of halogens is 4. The molecule has 0 aliphatic carbocycles. The van der Waals surface area contributed by atoms with Crippen molar-refractivity contribution in [3.63, 3.8) is 0 Å². The minimum Gasteiger partial charge on any atom is -0.494 e. The van der Waals surface area contributed by atoms with Crippen LogP contribution < -0.4 is 9.64 Å². The zero-order valence-electron chi connectivity index (χ0n) is 23.5. The molecule has 1 unspecified atom stereocenters. The van der Waals surface area contributed by atoms with E-state index in [1.54, 1.807) is 39.2 Å². The molecule has 2 amide bonds. The average Bonchev–Trinajstić information content (AvgIpc) is 2.89. The smallest absolute Gasteiger partial charge is 0.392 e. The summed E-state index contributed by atoms with van der Waals surface area (Å²) in [5.74, 6) is 0.411. The van der Waals surface area contributed by atoms with Gasteiger partial charge in [-0.1, -0.05) is 23.7 Å². The summed E-state index contributed by atoms with van der Waals surface area (Å²) in [5.41, 5.74) is -2.50. The van der Waals surface area contributed by atoms with Crippen molar-refractivity contribution in [2.45, 2.75) is 44.4 Å². The Morgan fingerprint density at radius 3 is 2.39 bits per heavy atom. The van der Waals surface area contributed by atoms with Crippen molar-refractivity contribution in [3.8, 4) is 5.75 Å². The standard InChI is InChI=1S/C29H36ClF3N4O4/c1-4-41-22-7-5-6-21(15-22)28(40,18-29(31,32)33)27(39)37-16-20(17-37)14-19-10-12-36(13-11-19)24-9-8-23(25(30)34-24)26(38)35(2)3/h5-9,15,19-20,40H,4,10-14,16-18H2,1-3H3. The first-order valence-electron chi connectivity index (χ1n) is 13.8. The van der Waals surface area contributed by atoms with Crippen LogP contribution in [0.3, 0.4) is 0 Å². The lowest BCUT2D eigenvalue weighted by atomic mass is 9.81. The third-order valence-electron chi connectivity index (χ3n) is 7.75. The molecule has 0 radical (unpaired) electrons. The maximum atomic E-state index is 13.5. The number of ether oxygens (including phenoxy) is 1. The summed E-state index contributed by atoms with van der Waals surface area (Å²) in [6.45, 7) is 4.17. The number of aliphatic hydroxyl groups is 1. The van der Waals surface area contributed by atoms with Crippen molar-refractivity contribution >= 4 is 29.2 Å². The molecule has 224 valence electrons. The first-order valence-corrected chi connectivity index (χ1v) is 14.1. The number of carbonyl (C=O) groups excluding carboxylic acids is 2. The minimum absolute atomic E-state index is 0.130. The predicted octanol–water partition coefficient (Wildman–Crippen LogP) is 4.74. The van der Waals surface area contributed by atoms with E-state index in [-0.39, 0.29) is 22.5 Å². The van der Waals surface area contributed by atoms with Crippen LogP contribution in [0.4, 0.5) is 19.0 Å². The summed E-state index contributed by atoms with van der Waals surface area (Å²) in [5, 5.41) is 11.3. The summed E-state index contributed by atoms with van der Waals surface area (Å²) in [4.78, 5) is 34.8. The summed E-state index contributed by atoms with van der Waals surface area (Å²) in [6, 6.07) is 9.15. The number of hydrogen-bond donors (Lipinski definition) is 1. The Morgan fingerprint density at radius 1 is 1.12 bits per heavy atom. The van der Waals surface area contributed by atoms with E-state index in [1.807, 2.05) is 0 Å². The number of aromatic nitrogens is 1. The highest BCUT2D eigenvalue weighted by Crippen LogP contribution is 2.40. The molecule has 2 saturated heterocycles. The molecular weight excluding hydrogens is 561 g/mol. The third kappa shape index (κ3) is 7.24. The van der Waals surface area contributed by atoms with Crippen LogP contribution in [0.2, 0.25) is 5.15 Å². The van der Waals surface area contributed by atoms with Gasteiger partial charge in [0, 0.05) is 40.3 Å². The summed E-state index contributed by atoms with van der Waals surface area (Å²) in [6.07, 6.45) is -3.78. The second-order valence-corrected chi connectivity index (χ2v) is 11.4. The van der Waals surface area contributed by atoms with Gasteiger partial charge in [-0.2, -0.15) is 13.2 Å². The molecule has 12 heteroatoms. The SMILES string of the molecule is CCOc1cccc(C(O)(CC(F)(F)F)C(=O)N2CC(CC3CCN(c4ccc(C(=O)N(C)C)c(Cl)n4)CC3)C2)c1. The van der Waals surface area contributed by atoms with Crippen LogP contribution >= 0.6 is 11.6 Å². The maximum Gasteiger partial charge on any atom is 0.392 e. The van der Waals surface area contributed by atoms with Crippen molar-refractivity contribution in [1.82, 2.24) is 14.8 Å². The lowest BCUT2D eigenvalue weighted by Gasteiger charge is -2.45. The second-order valence-electron chi connectivity index (χ2n) is 11.1. The largest absolute Gasteiger partial charge is 0.494 e. The first-order chi connectivity index (χ1) is 19.3. The van der Waals surface area contributed by atoms with E-state index in [0.29, 0.717) is 42.7 Å². The fraction of sp³-hybridized carbons (Fsp3) is 0.552. The molecule has 2 aliphatic heterocycles. The Labute approximate surface area is 243 Å². The molecule has 0 spiro atoms. The van der Waals surface area contributed by atoms with E-state index >= 15 is 0 Å². The zero-order chi connectivity index (χ0) is 29.9. The fourth-order valence-corrected chi connectivity index (χ4v) is 5.85. The number of pyridine rings is 1. The van der Waals surface area contributed by atoms with E-state index in [9.17, 15) is 27.9 Å². The van der Waals surface area contributed by atoms with Gasteiger partial charge in [-0.05, 0) is 67.9 Å². The topological polar surface area (TPSA) is 86.2 Å². The van der Waals surface area contributed by atoms with Gasteiger partial charge in [0.15, 0.2) is 5.60 Å². The Hall–Kier alpha value is -3.05. The van der Waals surface area contributed by atoms with E-state index in [4.69, 9.17) is 16.3 Å². The van der Waals surface area contributed by atoms with E-state index in [0.717, 1.165) is 32.4 Å². The molecule has 3 heterocycles. The van der Waals surface area contributed by atoms with E-state index in [1.165, 1.54) is 28.0 Å². The molecule has 1 aromatic heterocycles. The van der Waals surface area contributed by atoms with Gasteiger partial charge in [0.25, 0.3) is 11.8 Å². The van der Waals surface area contributed by atoms with Crippen molar-refractivity contribution in [2.24, 2.45) is 11.8 Å². The average molecular weight is 597 g/mol. The Balaban J connectivity index is 1.32. The van der Waals surface area contributed by atoms with Crippen LogP contribution in [0.25, 0.3) is 0 Å². The minimum atomic E-state index is -4.74. The molecule has 1 aromatic carbocycles. The maximum absolute atomic E-state index is 13.5. The number of likely N-dealkylation sites (tertiary alicyclic amines) is 1. The van der Waals surface area contributed by atoms with Gasteiger partial charge < -0.3 is 24.5 Å². The highest BCUT2D eigenvalue weighted by molar-refractivity contribution is 6.32. The Kier molecular flexibility index (Phi) is 9.38. The molecular formula is C29H36ClF3N4O4. The van der Waals surface area contributed by atoms with Crippen molar-refractivity contribution in [2.75, 3.05) is 51.8 Å². The second kappa shape index (κ2) is 12.4. The number of hydrogen-bond acceptors (Lipinski definition) is 6. The Morgan fingerprint density at radius 2 is 1.80 bits per heavy atom.